The molecule has 2 rings (SSSR count). The number of rotatable bonds is 0. The highest BCUT2D eigenvalue weighted by Gasteiger charge is 1.90. The molecule has 0 aliphatic rings. The van der Waals surface area contributed by atoms with Gasteiger partial charge in [-0.3, -0.25) is 14.6 Å². The van der Waals surface area contributed by atoms with E-state index in [0.29, 0.717) is 4.77 Å². The maximum absolute atomic E-state index is 4.92. The van der Waals surface area contributed by atoms with E-state index in [9.17, 15) is 0 Å². The molecule has 0 aliphatic heterocycles. The van der Waals surface area contributed by atoms with E-state index in [1.807, 2.05) is 22.7 Å². The molecule has 0 radical (unpaired) electrons. The first kappa shape index (κ1) is 4.81. The molecule has 0 bridgehead atoms. The number of nitrogens with one attached hydrogen (secondary N) is 2. The van der Waals surface area contributed by atoms with Crippen LogP contribution in [0.5, 0.6) is 0 Å². The monoisotopic (exact) mass is 139 g/mol. The highest BCUT2D eigenvalue weighted by Crippen LogP contribution is 1.98. The quantitative estimate of drug-likeness (QED) is 0.530. The van der Waals surface area contributed by atoms with Gasteiger partial charge in [-0.15, -0.1) is 0 Å². The Morgan fingerprint density at radius 2 is 2.33 bits per heavy atom. The van der Waals surface area contributed by atoms with Gasteiger partial charge in [0, 0.05) is 6.20 Å². The van der Waals surface area contributed by atoms with E-state index in [0.717, 1.165) is 5.65 Å². The predicted molar refractivity (Wildman–Crippen MR) is 36.9 cm³/mol. The van der Waals surface area contributed by atoms with Gasteiger partial charge in [-0.25, -0.2) is 0 Å². The van der Waals surface area contributed by atoms with Gasteiger partial charge < -0.3 is 0 Å². The van der Waals surface area contributed by atoms with E-state index in [1.165, 1.54) is 0 Å². The van der Waals surface area contributed by atoms with Gasteiger partial charge in [0.05, 0.1) is 0 Å². The van der Waals surface area contributed by atoms with Gasteiger partial charge >= 0.3 is 0 Å². The van der Waals surface area contributed by atoms with Crippen molar-refractivity contribution >= 4 is 17.9 Å². The van der Waals surface area contributed by atoms with E-state index >= 15 is 0 Å². The van der Waals surface area contributed by atoms with Crippen LogP contribution in [-0.4, -0.2) is 14.6 Å². The Labute approximate surface area is 56.3 Å². The summed E-state index contributed by atoms with van der Waals surface area (Å²) in [6.07, 6.45) is 1.91. The lowest BCUT2D eigenvalue weighted by Gasteiger charge is -1.73. The molecule has 2 aromatic heterocycles. The summed E-state index contributed by atoms with van der Waals surface area (Å²) in [6.45, 7) is 0. The maximum Gasteiger partial charge on any atom is 0.197 e. The van der Waals surface area contributed by atoms with Crippen LogP contribution in [0, 0.1) is 4.77 Å². The zero-order valence-corrected chi connectivity index (χ0v) is 5.40. The summed E-state index contributed by atoms with van der Waals surface area (Å²) in [5.41, 5.74) is 1.00. The first-order valence-corrected chi connectivity index (χ1v) is 3.02. The predicted octanol–water partition coefficient (Wildman–Crippen LogP) is 1.32. The van der Waals surface area contributed by atoms with Crippen LogP contribution in [0.3, 0.4) is 0 Å². The largest absolute Gasteiger partial charge is 0.283 e. The summed E-state index contributed by atoms with van der Waals surface area (Å²) < 4.78 is 2.57. The minimum Gasteiger partial charge on any atom is -0.283 e. The SMILES string of the molecule is S=c1[nH][nH]c2cccn12. The van der Waals surface area contributed by atoms with Gasteiger partial charge in [0.15, 0.2) is 4.77 Å². The molecule has 0 aromatic carbocycles. The summed E-state index contributed by atoms with van der Waals surface area (Å²) in [4.78, 5) is 0. The molecule has 3 nitrogen and oxygen atoms in total. The maximum atomic E-state index is 4.92. The lowest BCUT2D eigenvalue weighted by atomic mass is 10.7. The summed E-state index contributed by atoms with van der Waals surface area (Å²) >= 11 is 4.92. The highest BCUT2D eigenvalue weighted by atomic mass is 32.1. The van der Waals surface area contributed by atoms with Gasteiger partial charge in [-0.1, -0.05) is 0 Å². The Balaban J connectivity index is 3.17. The highest BCUT2D eigenvalue weighted by molar-refractivity contribution is 7.71. The third-order valence-electron chi connectivity index (χ3n) is 1.27. The van der Waals surface area contributed by atoms with E-state index in [1.54, 1.807) is 0 Å². The molecular formula is C5H5N3S. The standard InChI is InChI=1S/C5H5N3S/c9-5-7-6-4-2-1-3-8(4)5/h1-3,6H,(H,7,9). The first-order valence-electron chi connectivity index (χ1n) is 2.61. The molecule has 0 saturated heterocycles. The van der Waals surface area contributed by atoms with Gasteiger partial charge in [0.1, 0.15) is 5.65 Å². The molecule has 2 N–H and O–H groups in total. The van der Waals surface area contributed by atoms with Gasteiger partial charge in [0.2, 0.25) is 0 Å². The Morgan fingerprint density at radius 1 is 1.44 bits per heavy atom. The molecule has 0 saturated carbocycles. The molecule has 0 unspecified atom stereocenters. The molecule has 2 heterocycles. The van der Waals surface area contributed by atoms with Crippen LogP contribution in [0.4, 0.5) is 0 Å². The van der Waals surface area contributed by atoms with Gasteiger partial charge in [0.25, 0.3) is 0 Å². The second kappa shape index (κ2) is 1.48. The molecule has 0 spiro atoms. The zero-order valence-electron chi connectivity index (χ0n) is 4.59. The Bertz CT molecular complexity index is 366. The lowest BCUT2D eigenvalue weighted by Crippen LogP contribution is -1.71. The van der Waals surface area contributed by atoms with Crippen molar-refractivity contribution in [3.05, 3.63) is 23.1 Å². The number of H-pyrrole nitrogens is 2. The van der Waals surface area contributed by atoms with Crippen LogP contribution in [0.15, 0.2) is 18.3 Å². The second-order valence-electron chi connectivity index (χ2n) is 1.82. The fraction of sp³-hybridized carbons (Fsp3) is 0. The van der Waals surface area contributed by atoms with Crippen molar-refractivity contribution in [2.45, 2.75) is 0 Å². The van der Waals surface area contributed by atoms with Crippen molar-refractivity contribution in [3.8, 4) is 0 Å². The molecule has 4 heteroatoms. The number of hydrogen-bond donors (Lipinski definition) is 2. The van der Waals surface area contributed by atoms with E-state index < -0.39 is 0 Å². The Kier molecular flexibility index (Phi) is 0.790. The molecule has 0 fully saturated rings. The van der Waals surface area contributed by atoms with Crippen molar-refractivity contribution in [1.29, 1.82) is 0 Å². The number of fused-ring (bicyclic) bond motifs is 1. The van der Waals surface area contributed by atoms with Gasteiger partial charge in [-0.05, 0) is 24.4 Å². The summed E-state index contributed by atoms with van der Waals surface area (Å²) in [6, 6.07) is 3.89. The van der Waals surface area contributed by atoms with Crippen molar-refractivity contribution in [3.63, 3.8) is 0 Å². The third kappa shape index (κ3) is 0.533. The average molecular weight is 139 g/mol. The third-order valence-corrected chi connectivity index (χ3v) is 1.56. The molecule has 46 valence electrons. The molecule has 0 aliphatic carbocycles. The van der Waals surface area contributed by atoms with E-state index in [4.69, 9.17) is 12.2 Å². The van der Waals surface area contributed by atoms with Crippen LogP contribution < -0.4 is 0 Å². The molecule has 9 heavy (non-hydrogen) atoms. The first-order chi connectivity index (χ1) is 4.38. The fourth-order valence-electron chi connectivity index (χ4n) is 0.838. The topological polar surface area (TPSA) is 36.0 Å². The molecule has 2 aromatic rings. The number of aromatic amines is 2. The van der Waals surface area contributed by atoms with Crippen molar-refractivity contribution in [2.24, 2.45) is 0 Å². The lowest BCUT2D eigenvalue weighted by molar-refractivity contribution is 1.07. The summed E-state index contributed by atoms with van der Waals surface area (Å²) in [5.74, 6) is 0. The minimum absolute atomic E-state index is 0.704. The van der Waals surface area contributed by atoms with Crippen LogP contribution in [0.25, 0.3) is 5.65 Å². The molecular weight excluding hydrogens is 134 g/mol. The number of nitrogens with zero attached hydrogens (tertiary/aromatic N) is 1. The minimum atomic E-state index is 0.704. The van der Waals surface area contributed by atoms with Crippen molar-refractivity contribution in [1.82, 2.24) is 14.6 Å². The normalized spacial score (nSPS) is 10.7. The fourth-order valence-corrected chi connectivity index (χ4v) is 1.05. The zero-order chi connectivity index (χ0) is 6.27. The van der Waals surface area contributed by atoms with Crippen LogP contribution in [-0.2, 0) is 0 Å². The van der Waals surface area contributed by atoms with Crippen LogP contribution in [0.2, 0.25) is 0 Å². The van der Waals surface area contributed by atoms with Gasteiger partial charge in [-0.2, -0.15) is 0 Å². The smallest absolute Gasteiger partial charge is 0.197 e. The number of aromatic nitrogens is 3. The van der Waals surface area contributed by atoms with Crippen molar-refractivity contribution in [2.75, 3.05) is 0 Å². The summed E-state index contributed by atoms with van der Waals surface area (Å²) in [5, 5.41) is 5.71. The van der Waals surface area contributed by atoms with E-state index in [2.05, 4.69) is 10.2 Å². The van der Waals surface area contributed by atoms with Crippen LogP contribution in [0.1, 0.15) is 0 Å². The Hall–Kier alpha value is -1.03. The van der Waals surface area contributed by atoms with E-state index in [-0.39, 0.29) is 0 Å². The molecule has 0 atom stereocenters. The Morgan fingerprint density at radius 3 is 3.11 bits per heavy atom. The average Bonchev–Trinajstić information content (AvgIpc) is 2.35. The van der Waals surface area contributed by atoms with Crippen LogP contribution >= 0.6 is 12.2 Å². The van der Waals surface area contributed by atoms with Crippen molar-refractivity contribution < 1.29 is 0 Å². The second-order valence-corrected chi connectivity index (χ2v) is 2.21. The molecule has 0 amide bonds. The summed E-state index contributed by atoms with van der Waals surface area (Å²) in [7, 11) is 0. The number of hydrogen-bond acceptors (Lipinski definition) is 1.